The molecule has 2 amide bonds. The zero-order valence-corrected chi connectivity index (χ0v) is 29.4. The Balaban J connectivity index is 1.38. The number of nitrogens with zero attached hydrogens (tertiary/aromatic N) is 3. The predicted octanol–water partition coefficient (Wildman–Crippen LogP) is 9.08. The number of amides is 2. The number of ether oxygens (including phenoxy) is 2. The van der Waals surface area contributed by atoms with Gasteiger partial charge in [0.2, 0.25) is 11.7 Å². The van der Waals surface area contributed by atoms with E-state index in [0.717, 1.165) is 51.6 Å². The molecule has 2 aliphatic heterocycles. The summed E-state index contributed by atoms with van der Waals surface area (Å²) in [5, 5.41) is 0.901. The van der Waals surface area contributed by atoms with E-state index in [4.69, 9.17) is 14.5 Å². The lowest BCUT2D eigenvalue weighted by Crippen LogP contribution is -2.45. The van der Waals surface area contributed by atoms with Crippen molar-refractivity contribution in [3.63, 3.8) is 0 Å². The Morgan fingerprint density at radius 3 is 2.24 bits per heavy atom. The van der Waals surface area contributed by atoms with Crippen LogP contribution < -0.4 is 4.90 Å². The first-order valence-electron chi connectivity index (χ1n) is 17.4. The molecular formula is C43H41N3O5. The molecule has 0 N–H and O–H groups in total. The number of allylic oxidation sites excluding steroid dienone is 1. The minimum absolute atomic E-state index is 0.00741. The summed E-state index contributed by atoms with van der Waals surface area (Å²) in [4.78, 5) is 48.5. The van der Waals surface area contributed by atoms with Gasteiger partial charge in [0, 0.05) is 43.7 Å². The lowest BCUT2D eigenvalue weighted by Gasteiger charge is -2.35. The van der Waals surface area contributed by atoms with Crippen LogP contribution in [0.15, 0.2) is 109 Å². The fraction of sp³-hybridized carbons (Fsp3) is 0.256. The molecule has 3 heterocycles. The van der Waals surface area contributed by atoms with E-state index in [0.29, 0.717) is 36.7 Å². The standard InChI is InChI=1S/C43H41N3O5/c1-28(47)46-39-17-11-10-16-35(39)41(48)40(46)26-31-25-36(34-15-9-8-14-33(34)30-12-6-5-7-13-30)37-24-29(18-19-38(37)44-31)27-45(32-20-22-50-23-21-32)42(49)51-43(2,3)4/h5-19,24-26,32H,20-23,27H2,1-4H3/b40-26-. The normalized spacial score (nSPS) is 15.6. The number of benzene rings is 4. The van der Waals surface area contributed by atoms with Crippen LogP contribution in [0.1, 0.15) is 62.2 Å². The van der Waals surface area contributed by atoms with Crippen LogP contribution >= 0.6 is 0 Å². The predicted molar refractivity (Wildman–Crippen MR) is 200 cm³/mol. The molecule has 8 nitrogen and oxygen atoms in total. The molecule has 7 rings (SSSR count). The van der Waals surface area contributed by atoms with E-state index in [9.17, 15) is 14.4 Å². The van der Waals surface area contributed by atoms with Crippen molar-refractivity contribution >= 4 is 40.4 Å². The second kappa shape index (κ2) is 14.0. The summed E-state index contributed by atoms with van der Waals surface area (Å²) in [6.45, 7) is 8.66. The number of para-hydroxylation sites is 1. The van der Waals surface area contributed by atoms with E-state index in [1.54, 1.807) is 24.3 Å². The van der Waals surface area contributed by atoms with Crippen LogP contribution in [0.4, 0.5) is 10.5 Å². The molecule has 1 fully saturated rings. The van der Waals surface area contributed by atoms with Gasteiger partial charge in [0.05, 0.1) is 22.6 Å². The Bertz CT molecular complexity index is 2160. The first-order valence-corrected chi connectivity index (χ1v) is 17.4. The maximum atomic E-state index is 13.7. The number of fused-ring (bicyclic) bond motifs is 2. The highest BCUT2D eigenvalue weighted by Crippen LogP contribution is 2.39. The molecule has 8 heteroatoms. The molecule has 51 heavy (non-hydrogen) atoms. The maximum Gasteiger partial charge on any atom is 0.410 e. The molecule has 0 spiro atoms. The van der Waals surface area contributed by atoms with Crippen molar-refractivity contribution in [3.8, 4) is 22.3 Å². The zero-order valence-electron chi connectivity index (χ0n) is 29.4. The highest BCUT2D eigenvalue weighted by molar-refractivity contribution is 6.26. The van der Waals surface area contributed by atoms with Crippen molar-refractivity contribution in [1.82, 2.24) is 9.88 Å². The molecule has 0 bridgehead atoms. The van der Waals surface area contributed by atoms with Gasteiger partial charge in [-0.25, -0.2) is 9.78 Å². The number of Topliss-reactive ketones (excluding diaryl/α,β-unsaturated/α-hetero) is 1. The SMILES string of the molecule is CC(=O)N1/C(=C\c2cc(-c3ccccc3-c3ccccc3)c3cc(CN(C(=O)OC(C)(C)C)C4CCOCC4)ccc3n2)C(=O)c2ccccc21. The van der Waals surface area contributed by atoms with E-state index in [-0.39, 0.29) is 29.5 Å². The third kappa shape index (κ3) is 7.05. The van der Waals surface area contributed by atoms with Gasteiger partial charge in [0.1, 0.15) is 5.60 Å². The van der Waals surface area contributed by atoms with Crippen molar-refractivity contribution in [1.29, 1.82) is 0 Å². The second-order valence-electron chi connectivity index (χ2n) is 14.0. The topological polar surface area (TPSA) is 89.0 Å². The Morgan fingerprint density at radius 1 is 0.863 bits per heavy atom. The molecule has 1 aromatic heterocycles. The van der Waals surface area contributed by atoms with Crippen LogP contribution in [0.3, 0.4) is 0 Å². The summed E-state index contributed by atoms with van der Waals surface area (Å²) in [5.74, 6) is -0.474. The maximum absolute atomic E-state index is 13.7. The van der Waals surface area contributed by atoms with Crippen LogP contribution in [-0.2, 0) is 20.8 Å². The van der Waals surface area contributed by atoms with Crippen molar-refractivity contribution in [2.45, 2.75) is 58.7 Å². The molecule has 1 saturated heterocycles. The molecular weight excluding hydrogens is 638 g/mol. The van der Waals surface area contributed by atoms with Crippen LogP contribution in [0.2, 0.25) is 0 Å². The molecule has 0 atom stereocenters. The monoisotopic (exact) mass is 679 g/mol. The summed E-state index contributed by atoms with van der Waals surface area (Å²) in [6, 6.07) is 33.6. The fourth-order valence-corrected chi connectivity index (χ4v) is 6.97. The number of carbonyl (C=O) groups excluding carboxylic acids is 3. The number of pyridine rings is 1. The van der Waals surface area contributed by atoms with E-state index in [1.807, 2.05) is 80.3 Å². The molecule has 0 saturated carbocycles. The third-order valence-electron chi connectivity index (χ3n) is 9.27. The summed E-state index contributed by atoms with van der Waals surface area (Å²) in [6.07, 6.45) is 2.84. The number of hydrogen-bond donors (Lipinski definition) is 0. The third-order valence-corrected chi connectivity index (χ3v) is 9.27. The number of rotatable bonds is 6. The quantitative estimate of drug-likeness (QED) is 0.166. The van der Waals surface area contributed by atoms with E-state index < -0.39 is 5.60 Å². The number of carbonyl (C=O) groups is 3. The van der Waals surface area contributed by atoms with E-state index >= 15 is 0 Å². The minimum Gasteiger partial charge on any atom is -0.444 e. The summed E-state index contributed by atoms with van der Waals surface area (Å²) >= 11 is 0. The van der Waals surface area contributed by atoms with Crippen LogP contribution in [0.25, 0.3) is 39.2 Å². The molecule has 5 aromatic rings. The van der Waals surface area contributed by atoms with Gasteiger partial charge >= 0.3 is 6.09 Å². The van der Waals surface area contributed by atoms with Crippen LogP contribution in [0.5, 0.6) is 0 Å². The van der Waals surface area contributed by atoms with Gasteiger partial charge in [-0.3, -0.25) is 14.5 Å². The number of ketones is 1. The highest BCUT2D eigenvalue weighted by Gasteiger charge is 2.35. The van der Waals surface area contributed by atoms with Crippen LogP contribution in [0, 0.1) is 0 Å². The summed E-state index contributed by atoms with van der Waals surface area (Å²) in [7, 11) is 0. The van der Waals surface area contributed by atoms with Gasteiger partial charge in [-0.05, 0) is 97.8 Å². The molecule has 0 radical (unpaired) electrons. The largest absolute Gasteiger partial charge is 0.444 e. The Morgan fingerprint density at radius 2 is 1.53 bits per heavy atom. The van der Waals surface area contributed by atoms with Gasteiger partial charge in [0.15, 0.2) is 0 Å². The Labute approximate surface area is 298 Å². The Kier molecular flexibility index (Phi) is 9.27. The first kappa shape index (κ1) is 33.9. The van der Waals surface area contributed by atoms with Crippen molar-refractivity contribution in [2.75, 3.05) is 18.1 Å². The lowest BCUT2D eigenvalue weighted by atomic mass is 9.91. The molecule has 0 aliphatic carbocycles. The van der Waals surface area contributed by atoms with Crippen molar-refractivity contribution in [3.05, 3.63) is 126 Å². The number of aromatic nitrogens is 1. The summed E-state index contributed by atoms with van der Waals surface area (Å²) in [5.41, 5.74) is 6.91. The van der Waals surface area contributed by atoms with Gasteiger partial charge in [-0.1, -0.05) is 72.8 Å². The van der Waals surface area contributed by atoms with Crippen molar-refractivity contribution < 1.29 is 23.9 Å². The lowest BCUT2D eigenvalue weighted by molar-refractivity contribution is -0.116. The van der Waals surface area contributed by atoms with E-state index in [1.165, 1.54) is 11.8 Å². The number of hydrogen-bond acceptors (Lipinski definition) is 6. The first-order chi connectivity index (χ1) is 24.6. The van der Waals surface area contributed by atoms with Crippen LogP contribution in [-0.4, -0.2) is 52.5 Å². The average molecular weight is 680 g/mol. The van der Waals surface area contributed by atoms with Gasteiger partial charge in [-0.15, -0.1) is 0 Å². The van der Waals surface area contributed by atoms with Gasteiger partial charge < -0.3 is 14.4 Å². The highest BCUT2D eigenvalue weighted by atomic mass is 16.6. The Hall–Kier alpha value is -5.60. The number of anilines is 1. The summed E-state index contributed by atoms with van der Waals surface area (Å²) < 4.78 is 11.5. The molecule has 0 unspecified atom stereocenters. The van der Waals surface area contributed by atoms with Gasteiger partial charge in [-0.2, -0.15) is 0 Å². The second-order valence-corrected chi connectivity index (χ2v) is 14.0. The smallest absolute Gasteiger partial charge is 0.410 e. The molecule has 258 valence electrons. The average Bonchev–Trinajstić information content (AvgIpc) is 3.41. The van der Waals surface area contributed by atoms with Gasteiger partial charge in [0.25, 0.3) is 0 Å². The zero-order chi connectivity index (χ0) is 35.7. The fourth-order valence-electron chi connectivity index (χ4n) is 6.97. The van der Waals surface area contributed by atoms with E-state index in [2.05, 4.69) is 30.3 Å². The van der Waals surface area contributed by atoms with Crippen molar-refractivity contribution in [2.24, 2.45) is 0 Å². The minimum atomic E-state index is -0.632. The molecule has 2 aliphatic rings. The molecule has 4 aromatic carbocycles.